The fourth-order valence-corrected chi connectivity index (χ4v) is 5.87. The number of esters is 2. The Hall–Kier alpha value is -2.17. The molecule has 10 heteroatoms. The first-order valence-electron chi connectivity index (χ1n) is 11.4. The molecule has 1 aromatic carbocycles. The second-order valence-corrected chi connectivity index (χ2v) is 11.1. The van der Waals surface area contributed by atoms with Gasteiger partial charge in [0, 0.05) is 13.1 Å². The van der Waals surface area contributed by atoms with E-state index in [0.29, 0.717) is 11.8 Å². The number of ether oxygens (including phenoxy) is 3. The van der Waals surface area contributed by atoms with Gasteiger partial charge in [-0.3, -0.25) is 0 Å². The number of carbonyl (C=O) groups excluding carboxylic acids is 2. The maximum absolute atomic E-state index is 12.8. The van der Waals surface area contributed by atoms with Crippen molar-refractivity contribution in [3.8, 4) is 5.75 Å². The van der Waals surface area contributed by atoms with Gasteiger partial charge in [-0.1, -0.05) is 27.2 Å². The molecule has 2 fully saturated rings. The summed E-state index contributed by atoms with van der Waals surface area (Å²) in [6, 6.07) is 3.41. The van der Waals surface area contributed by atoms with Crippen molar-refractivity contribution in [1.29, 1.82) is 0 Å². The van der Waals surface area contributed by atoms with E-state index >= 15 is 0 Å². The van der Waals surface area contributed by atoms with Crippen molar-refractivity contribution >= 4 is 22.0 Å². The van der Waals surface area contributed by atoms with Crippen LogP contribution in [0.5, 0.6) is 5.75 Å². The van der Waals surface area contributed by atoms with Crippen molar-refractivity contribution in [1.82, 2.24) is 4.31 Å². The van der Waals surface area contributed by atoms with Gasteiger partial charge in [-0.25, -0.2) is 18.0 Å². The van der Waals surface area contributed by atoms with Crippen molar-refractivity contribution in [2.45, 2.75) is 51.0 Å². The fraction of sp³-hybridized carbons (Fsp3) is 0.652. The quantitative estimate of drug-likeness (QED) is 0.588. The Bertz CT molecular complexity index is 955. The molecule has 1 aliphatic carbocycles. The third-order valence-corrected chi connectivity index (χ3v) is 8.26. The normalized spacial score (nSPS) is 24.4. The van der Waals surface area contributed by atoms with E-state index in [0.717, 1.165) is 31.4 Å². The Labute approximate surface area is 195 Å². The number of phenolic OH excluding ortho intramolecular Hbond substituents is 1. The fourth-order valence-electron chi connectivity index (χ4n) is 4.43. The number of carbonyl (C=O) groups is 2. The smallest absolute Gasteiger partial charge is 0.344 e. The van der Waals surface area contributed by atoms with Gasteiger partial charge in [0.05, 0.1) is 18.1 Å². The van der Waals surface area contributed by atoms with Crippen LogP contribution in [-0.4, -0.2) is 68.8 Å². The summed E-state index contributed by atoms with van der Waals surface area (Å²) in [5, 5.41) is 10.1. The molecule has 1 saturated heterocycles. The van der Waals surface area contributed by atoms with Crippen LogP contribution in [0.15, 0.2) is 23.1 Å². The Morgan fingerprint density at radius 3 is 2.58 bits per heavy atom. The molecule has 3 rings (SSSR count). The Morgan fingerprint density at radius 2 is 1.91 bits per heavy atom. The molecule has 0 amide bonds. The largest absolute Gasteiger partial charge is 0.507 e. The van der Waals surface area contributed by atoms with Crippen molar-refractivity contribution in [2.75, 3.05) is 32.9 Å². The molecule has 0 radical (unpaired) electrons. The van der Waals surface area contributed by atoms with E-state index in [1.165, 1.54) is 10.4 Å². The summed E-state index contributed by atoms with van der Waals surface area (Å²) >= 11 is 0. The number of morpholine rings is 1. The van der Waals surface area contributed by atoms with Crippen LogP contribution < -0.4 is 0 Å². The molecule has 0 unspecified atom stereocenters. The van der Waals surface area contributed by atoms with Crippen LogP contribution in [0.3, 0.4) is 0 Å². The first-order valence-corrected chi connectivity index (χ1v) is 12.8. The van der Waals surface area contributed by atoms with Gasteiger partial charge in [-0.2, -0.15) is 4.31 Å². The third kappa shape index (κ3) is 6.24. The number of hydrogen-bond acceptors (Lipinski definition) is 8. The summed E-state index contributed by atoms with van der Waals surface area (Å²) in [5.41, 5.74) is -0.330. The van der Waals surface area contributed by atoms with Crippen molar-refractivity contribution in [3.63, 3.8) is 0 Å². The average Bonchev–Trinajstić information content (AvgIpc) is 2.78. The highest BCUT2D eigenvalue weighted by Gasteiger charge is 2.34. The molecule has 33 heavy (non-hydrogen) atoms. The lowest BCUT2D eigenvalue weighted by atomic mass is 9.75. The molecule has 9 nitrogen and oxygen atoms in total. The molecule has 2 aliphatic rings. The molecular formula is C23H33NO8S. The third-order valence-electron chi connectivity index (χ3n) is 6.36. The van der Waals surface area contributed by atoms with Gasteiger partial charge in [0.1, 0.15) is 17.4 Å². The van der Waals surface area contributed by atoms with E-state index < -0.39 is 34.3 Å². The monoisotopic (exact) mass is 483 g/mol. The maximum atomic E-state index is 12.8. The summed E-state index contributed by atoms with van der Waals surface area (Å²) in [4.78, 5) is 24.7. The molecule has 1 heterocycles. The van der Waals surface area contributed by atoms with E-state index in [1.807, 2.05) is 0 Å². The molecule has 0 spiro atoms. The lowest BCUT2D eigenvalue weighted by Crippen LogP contribution is -2.40. The first-order chi connectivity index (χ1) is 15.6. The zero-order valence-electron chi connectivity index (χ0n) is 19.4. The molecule has 1 saturated carbocycles. The average molecular weight is 484 g/mol. The van der Waals surface area contributed by atoms with Crippen LogP contribution in [0.2, 0.25) is 0 Å². The molecule has 3 atom stereocenters. The van der Waals surface area contributed by atoms with E-state index in [9.17, 15) is 23.1 Å². The highest BCUT2D eigenvalue weighted by molar-refractivity contribution is 7.89. The number of hydrogen-bond donors (Lipinski definition) is 1. The van der Waals surface area contributed by atoms with Crippen LogP contribution in [0.25, 0.3) is 0 Å². The van der Waals surface area contributed by atoms with E-state index in [2.05, 4.69) is 20.8 Å². The van der Waals surface area contributed by atoms with Crippen LogP contribution in [-0.2, 0) is 29.0 Å². The summed E-state index contributed by atoms with van der Waals surface area (Å²) in [6.45, 7) is 6.67. The predicted octanol–water partition coefficient (Wildman–Crippen LogP) is 2.57. The topological polar surface area (TPSA) is 119 Å². The van der Waals surface area contributed by atoms with Crippen molar-refractivity contribution < 1.29 is 37.3 Å². The standard InChI is InChI=1S/C23H33NO8S/c1-15(2)18-6-4-16(3)12-21(18)32-22(26)14-31-23(27)19-13-17(5-7-20(19)25)33(28,29)24-8-10-30-11-9-24/h5,7,13,15-16,18,21,25H,4,6,8-12,14H2,1-3H3/t16-,18+,21+/m1/s1. The lowest BCUT2D eigenvalue weighted by molar-refractivity contribution is -0.159. The van der Waals surface area contributed by atoms with Gasteiger partial charge in [0.25, 0.3) is 0 Å². The molecule has 1 N–H and O–H groups in total. The van der Waals surface area contributed by atoms with Crippen LogP contribution >= 0.6 is 0 Å². The molecule has 0 aromatic heterocycles. The maximum Gasteiger partial charge on any atom is 0.344 e. The Balaban J connectivity index is 1.64. The van der Waals surface area contributed by atoms with Crippen LogP contribution in [0.4, 0.5) is 0 Å². The van der Waals surface area contributed by atoms with Crippen molar-refractivity contribution in [3.05, 3.63) is 23.8 Å². The minimum atomic E-state index is -3.86. The van der Waals surface area contributed by atoms with E-state index in [1.54, 1.807) is 0 Å². The summed E-state index contributed by atoms with van der Waals surface area (Å²) in [7, 11) is -3.86. The molecule has 0 bridgehead atoms. The SMILES string of the molecule is CC(C)[C@@H]1CC[C@@H](C)C[C@@H]1OC(=O)COC(=O)c1cc(S(=O)(=O)N2CCOCC2)ccc1O. The van der Waals surface area contributed by atoms with Gasteiger partial charge >= 0.3 is 11.9 Å². The molecule has 1 aliphatic heterocycles. The van der Waals surface area contributed by atoms with Gasteiger partial charge in [0.15, 0.2) is 6.61 Å². The predicted molar refractivity (Wildman–Crippen MR) is 119 cm³/mol. The molecule has 184 valence electrons. The number of sulfonamides is 1. The van der Waals surface area contributed by atoms with Gasteiger partial charge in [0.2, 0.25) is 10.0 Å². The summed E-state index contributed by atoms with van der Waals surface area (Å²) < 4.78 is 42.8. The van der Waals surface area contributed by atoms with Crippen molar-refractivity contribution in [2.24, 2.45) is 17.8 Å². The minimum Gasteiger partial charge on any atom is -0.507 e. The lowest BCUT2D eigenvalue weighted by Gasteiger charge is -2.36. The van der Waals surface area contributed by atoms with Crippen LogP contribution in [0.1, 0.15) is 50.4 Å². The van der Waals surface area contributed by atoms with Gasteiger partial charge in [-0.15, -0.1) is 0 Å². The second-order valence-electron chi connectivity index (χ2n) is 9.13. The van der Waals surface area contributed by atoms with Gasteiger partial charge < -0.3 is 19.3 Å². The highest BCUT2D eigenvalue weighted by atomic mass is 32.2. The number of nitrogens with zero attached hydrogens (tertiary/aromatic N) is 1. The molecular weight excluding hydrogens is 450 g/mol. The zero-order chi connectivity index (χ0) is 24.2. The number of aromatic hydroxyl groups is 1. The van der Waals surface area contributed by atoms with E-state index in [4.69, 9.17) is 14.2 Å². The number of rotatable bonds is 7. The number of benzene rings is 1. The Kier molecular flexibility index (Phi) is 8.36. The zero-order valence-corrected chi connectivity index (χ0v) is 20.2. The summed E-state index contributed by atoms with van der Waals surface area (Å²) in [6.07, 6.45) is 2.62. The minimum absolute atomic E-state index is 0.146. The van der Waals surface area contributed by atoms with E-state index in [-0.39, 0.29) is 48.8 Å². The molecule has 1 aromatic rings. The Morgan fingerprint density at radius 1 is 1.21 bits per heavy atom. The van der Waals surface area contributed by atoms with Gasteiger partial charge in [-0.05, 0) is 48.8 Å². The van der Waals surface area contributed by atoms with Crippen LogP contribution in [0, 0.1) is 17.8 Å². The summed E-state index contributed by atoms with van der Waals surface area (Å²) in [5.74, 6) is -1.02. The first kappa shape index (κ1) is 25.5. The highest BCUT2D eigenvalue weighted by Crippen LogP contribution is 2.35. The number of phenols is 1. The second kappa shape index (κ2) is 10.8.